The molecule has 0 fully saturated rings. The summed E-state index contributed by atoms with van der Waals surface area (Å²) < 4.78 is 28.2. The third-order valence-corrected chi connectivity index (χ3v) is 4.63. The summed E-state index contributed by atoms with van der Waals surface area (Å²) in [5.74, 6) is -0.233. The maximum atomic E-state index is 12.2. The number of nitrogens with zero attached hydrogens (tertiary/aromatic N) is 1. The molecule has 1 aromatic carbocycles. The highest BCUT2D eigenvalue weighted by Gasteiger charge is 2.23. The van der Waals surface area contributed by atoms with Gasteiger partial charge in [-0.1, -0.05) is 29.8 Å². The molecule has 0 bridgehead atoms. The standard InChI is InChI=1S/C14H12ClNO3S/c1-9-8-12(17)10(2)13(15)14(9)16-20(18,19)11-6-4-3-5-7-11/h3-8H,1-2H3. The fourth-order valence-electron chi connectivity index (χ4n) is 1.71. The van der Waals surface area contributed by atoms with E-state index in [0.717, 1.165) is 0 Å². The maximum absolute atomic E-state index is 12.2. The van der Waals surface area contributed by atoms with Crippen LogP contribution in [0.3, 0.4) is 0 Å². The van der Waals surface area contributed by atoms with Crippen LogP contribution in [-0.2, 0) is 14.8 Å². The van der Waals surface area contributed by atoms with Crippen LogP contribution in [0, 0.1) is 0 Å². The van der Waals surface area contributed by atoms with Gasteiger partial charge in [-0.05, 0) is 37.6 Å². The third kappa shape index (κ3) is 2.73. The topological polar surface area (TPSA) is 63.6 Å². The van der Waals surface area contributed by atoms with E-state index in [4.69, 9.17) is 11.6 Å². The molecule has 2 rings (SSSR count). The third-order valence-electron chi connectivity index (χ3n) is 2.88. The Bertz CT molecular complexity index is 759. The average Bonchev–Trinajstić information content (AvgIpc) is 2.42. The molecular formula is C14H12ClNO3S. The van der Waals surface area contributed by atoms with Crippen LogP contribution in [0.2, 0.25) is 0 Å². The minimum absolute atomic E-state index is 0.0782. The molecule has 0 heterocycles. The average molecular weight is 310 g/mol. The number of benzene rings is 1. The van der Waals surface area contributed by atoms with Crippen molar-refractivity contribution in [3.05, 3.63) is 52.6 Å². The zero-order valence-corrected chi connectivity index (χ0v) is 12.5. The van der Waals surface area contributed by atoms with E-state index in [1.807, 2.05) is 0 Å². The molecule has 0 N–H and O–H groups in total. The fourth-order valence-corrected chi connectivity index (χ4v) is 3.13. The molecule has 0 saturated carbocycles. The SMILES string of the molecule is CC1=CC(=O)C(C)=C(Cl)C1=NS(=O)(=O)c1ccccc1. The van der Waals surface area contributed by atoms with Crippen molar-refractivity contribution in [2.45, 2.75) is 18.7 Å². The van der Waals surface area contributed by atoms with E-state index < -0.39 is 10.0 Å². The summed E-state index contributed by atoms with van der Waals surface area (Å²) in [6.45, 7) is 3.14. The number of sulfonamides is 1. The molecular weight excluding hydrogens is 298 g/mol. The maximum Gasteiger partial charge on any atom is 0.282 e. The van der Waals surface area contributed by atoms with Gasteiger partial charge in [-0.25, -0.2) is 0 Å². The van der Waals surface area contributed by atoms with Gasteiger partial charge in [0, 0.05) is 5.57 Å². The molecule has 0 aromatic heterocycles. The summed E-state index contributed by atoms with van der Waals surface area (Å²) in [5.41, 5.74) is 0.844. The van der Waals surface area contributed by atoms with Gasteiger partial charge in [-0.15, -0.1) is 0 Å². The van der Waals surface area contributed by atoms with Crippen LogP contribution in [0.15, 0.2) is 61.9 Å². The fraction of sp³-hybridized carbons (Fsp3) is 0.143. The van der Waals surface area contributed by atoms with Gasteiger partial charge >= 0.3 is 0 Å². The summed E-state index contributed by atoms with van der Waals surface area (Å²) in [7, 11) is -3.85. The monoisotopic (exact) mass is 309 g/mol. The van der Waals surface area contributed by atoms with Crippen molar-refractivity contribution in [1.29, 1.82) is 0 Å². The lowest BCUT2D eigenvalue weighted by Gasteiger charge is -2.13. The summed E-state index contributed by atoms with van der Waals surface area (Å²) in [6.07, 6.45) is 1.33. The van der Waals surface area contributed by atoms with Crippen molar-refractivity contribution < 1.29 is 13.2 Å². The van der Waals surface area contributed by atoms with E-state index in [-0.39, 0.29) is 21.4 Å². The van der Waals surface area contributed by atoms with Crippen molar-refractivity contribution >= 4 is 33.1 Å². The van der Waals surface area contributed by atoms with Crippen LogP contribution in [0.5, 0.6) is 0 Å². The molecule has 0 spiro atoms. The Morgan fingerprint density at radius 2 is 1.70 bits per heavy atom. The summed E-state index contributed by atoms with van der Waals surface area (Å²) in [5, 5.41) is 0.0782. The van der Waals surface area contributed by atoms with Gasteiger partial charge in [-0.2, -0.15) is 12.8 Å². The molecule has 1 aliphatic rings. The van der Waals surface area contributed by atoms with Gasteiger partial charge in [0.05, 0.1) is 15.6 Å². The first-order chi connectivity index (χ1) is 9.33. The number of hydrogen-bond donors (Lipinski definition) is 0. The van der Waals surface area contributed by atoms with E-state index in [1.54, 1.807) is 25.1 Å². The predicted molar refractivity (Wildman–Crippen MR) is 78.4 cm³/mol. The Morgan fingerprint density at radius 3 is 2.30 bits per heavy atom. The van der Waals surface area contributed by atoms with E-state index in [2.05, 4.69) is 4.40 Å². The molecule has 1 aliphatic carbocycles. The van der Waals surface area contributed by atoms with Gasteiger partial charge in [0.1, 0.15) is 0 Å². The van der Waals surface area contributed by atoms with Gasteiger partial charge in [0.15, 0.2) is 5.78 Å². The summed E-state index contributed by atoms with van der Waals surface area (Å²) >= 11 is 6.04. The molecule has 4 nitrogen and oxygen atoms in total. The first-order valence-electron chi connectivity index (χ1n) is 5.82. The highest BCUT2D eigenvalue weighted by Crippen LogP contribution is 2.25. The van der Waals surface area contributed by atoms with Gasteiger partial charge in [0.25, 0.3) is 10.0 Å². The van der Waals surface area contributed by atoms with Crippen molar-refractivity contribution in [3.63, 3.8) is 0 Å². The lowest BCUT2D eigenvalue weighted by atomic mass is 9.99. The number of ketones is 1. The Labute approximate surface area is 122 Å². The molecule has 0 amide bonds. The normalized spacial score (nSPS) is 18.4. The minimum atomic E-state index is -3.85. The van der Waals surface area contributed by atoms with Crippen LogP contribution in [0.4, 0.5) is 0 Å². The van der Waals surface area contributed by atoms with Crippen molar-refractivity contribution in [2.24, 2.45) is 4.40 Å². The Morgan fingerprint density at radius 1 is 1.10 bits per heavy atom. The molecule has 1 aromatic rings. The van der Waals surface area contributed by atoms with Crippen LogP contribution in [0.1, 0.15) is 13.8 Å². The van der Waals surface area contributed by atoms with Gasteiger partial charge < -0.3 is 0 Å². The molecule has 6 heteroatoms. The van der Waals surface area contributed by atoms with Crippen molar-refractivity contribution in [3.8, 4) is 0 Å². The summed E-state index contributed by atoms with van der Waals surface area (Å²) in [6, 6.07) is 7.85. The zero-order chi connectivity index (χ0) is 14.9. The zero-order valence-electron chi connectivity index (χ0n) is 10.9. The minimum Gasteiger partial charge on any atom is -0.290 e. The lowest BCUT2D eigenvalue weighted by Crippen LogP contribution is -2.16. The van der Waals surface area contributed by atoms with Gasteiger partial charge in [-0.3, -0.25) is 4.79 Å². The molecule has 0 aliphatic heterocycles. The van der Waals surface area contributed by atoms with Crippen LogP contribution < -0.4 is 0 Å². The lowest BCUT2D eigenvalue weighted by molar-refractivity contribution is -0.111. The largest absolute Gasteiger partial charge is 0.290 e. The van der Waals surface area contributed by atoms with E-state index in [1.165, 1.54) is 25.1 Å². The molecule has 0 atom stereocenters. The number of rotatable bonds is 2. The Kier molecular flexibility index (Phi) is 3.92. The van der Waals surface area contributed by atoms with Crippen molar-refractivity contribution in [1.82, 2.24) is 0 Å². The van der Waals surface area contributed by atoms with E-state index in [0.29, 0.717) is 11.1 Å². The smallest absolute Gasteiger partial charge is 0.282 e. The first-order valence-corrected chi connectivity index (χ1v) is 7.64. The molecule has 0 saturated heterocycles. The Hall–Kier alpha value is -1.72. The first kappa shape index (κ1) is 14.7. The second-order valence-electron chi connectivity index (χ2n) is 4.36. The predicted octanol–water partition coefficient (Wildman–Crippen LogP) is 2.86. The van der Waals surface area contributed by atoms with Crippen molar-refractivity contribution in [2.75, 3.05) is 0 Å². The molecule has 0 unspecified atom stereocenters. The van der Waals surface area contributed by atoms with Gasteiger partial charge in [0.2, 0.25) is 0 Å². The summed E-state index contributed by atoms with van der Waals surface area (Å²) in [4.78, 5) is 11.7. The molecule has 104 valence electrons. The molecule has 20 heavy (non-hydrogen) atoms. The number of halogens is 1. The van der Waals surface area contributed by atoms with E-state index >= 15 is 0 Å². The Balaban J connectivity index is 2.56. The second kappa shape index (κ2) is 5.34. The number of hydrogen-bond acceptors (Lipinski definition) is 3. The van der Waals surface area contributed by atoms with E-state index in [9.17, 15) is 13.2 Å². The quantitative estimate of drug-likeness (QED) is 0.789. The van der Waals surface area contributed by atoms with Crippen LogP contribution in [0.25, 0.3) is 0 Å². The number of carbonyl (C=O) groups excluding carboxylic acids is 1. The number of carbonyl (C=O) groups is 1. The molecule has 0 radical (unpaired) electrons. The highest BCUT2D eigenvalue weighted by molar-refractivity contribution is 7.90. The second-order valence-corrected chi connectivity index (χ2v) is 6.34. The van der Waals surface area contributed by atoms with Crippen LogP contribution in [-0.4, -0.2) is 19.9 Å². The van der Waals surface area contributed by atoms with Crippen LogP contribution >= 0.6 is 11.6 Å². The number of allylic oxidation sites excluding steroid dienone is 4. The highest BCUT2D eigenvalue weighted by atomic mass is 35.5.